The standard InChI is InChI=1S/C17H14F3N5O2/c1-24-8-12(15(26)22-16(24)27)14-21-13(9-2-3-9)23-25(14)11-6-4-10(5-7-11)17(18,19)20/h4-9H,2-3H2,1H3,(H,22,26,27). The predicted octanol–water partition coefficient (Wildman–Crippen LogP) is 2.22. The van der Waals surface area contributed by atoms with E-state index in [9.17, 15) is 22.8 Å². The molecule has 3 aromatic rings. The summed E-state index contributed by atoms with van der Waals surface area (Å²) >= 11 is 0. The Hall–Kier alpha value is -3.17. The van der Waals surface area contributed by atoms with Gasteiger partial charge in [-0.1, -0.05) is 0 Å². The minimum Gasteiger partial charge on any atom is -0.303 e. The van der Waals surface area contributed by atoms with Crippen LogP contribution < -0.4 is 11.2 Å². The SMILES string of the molecule is Cn1cc(-c2nc(C3CC3)nn2-c2ccc(C(F)(F)F)cc2)c(=O)[nH]c1=O. The first-order valence-corrected chi connectivity index (χ1v) is 8.19. The molecule has 140 valence electrons. The molecule has 1 N–H and O–H groups in total. The lowest BCUT2D eigenvalue weighted by atomic mass is 10.2. The molecule has 0 spiro atoms. The number of rotatable bonds is 3. The summed E-state index contributed by atoms with van der Waals surface area (Å²) < 4.78 is 41.0. The van der Waals surface area contributed by atoms with E-state index in [1.165, 1.54) is 34.6 Å². The van der Waals surface area contributed by atoms with E-state index >= 15 is 0 Å². The second-order valence-corrected chi connectivity index (χ2v) is 6.44. The summed E-state index contributed by atoms with van der Waals surface area (Å²) in [6, 6.07) is 4.44. The zero-order valence-electron chi connectivity index (χ0n) is 14.1. The number of halogens is 3. The van der Waals surface area contributed by atoms with Gasteiger partial charge in [0.05, 0.1) is 11.3 Å². The van der Waals surface area contributed by atoms with Crippen LogP contribution in [0.1, 0.15) is 30.1 Å². The molecule has 0 radical (unpaired) electrons. The zero-order valence-corrected chi connectivity index (χ0v) is 14.1. The molecular weight excluding hydrogens is 363 g/mol. The number of aromatic nitrogens is 5. The molecule has 7 nitrogen and oxygen atoms in total. The van der Waals surface area contributed by atoms with E-state index in [1.54, 1.807) is 0 Å². The fraction of sp³-hybridized carbons (Fsp3) is 0.294. The number of nitrogens with one attached hydrogen (secondary N) is 1. The third-order valence-electron chi connectivity index (χ3n) is 4.35. The van der Waals surface area contributed by atoms with Crippen molar-refractivity contribution in [3.63, 3.8) is 0 Å². The van der Waals surface area contributed by atoms with Gasteiger partial charge in [-0.15, -0.1) is 0 Å². The molecule has 1 aliphatic rings. The van der Waals surface area contributed by atoms with Crippen molar-refractivity contribution in [2.24, 2.45) is 7.05 Å². The molecule has 1 fully saturated rings. The molecule has 2 aromatic heterocycles. The van der Waals surface area contributed by atoms with Crippen LogP contribution in [-0.4, -0.2) is 24.3 Å². The van der Waals surface area contributed by atoms with Crippen LogP contribution in [0.4, 0.5) is 13.2 Å². The van der Waals surface area contributed by atoms with Gasteiger partial charge in [-0.05, 0) is 37.1 Å². The molecule has 2 heterocycles. The topological polar surface area (TPSA) is 85.6 Å². The number of aromatic amines is 1. The Morgan fingerprint density at radius 2 is 1.81 bits per heavy atom. The smallest absolute Gasteiger partial charge is 0.303 e. The molecule has 1 aliphatic carbocycles. The highest BCUT2D eigenvalue weighted by atomic mass is 19.4. The van der Waals surface area contributed by atoms with Crippen molar-refractivity contribution in [2.45, 2.75) is 24.9 Å². The monoisotopic (exact) mass is 377 g/mol. The molecule has 0 aliphatic heterocycles. The molecule has 10 heteroatoms. The van der Waals surface area contributed by atoms with Crippen LogP contribution in [0, 0.1) is 0 Å². The van der Waals surface area contributed by atoms with E-state index in [1.807, 2.05) is 0 Å². The van der Waals surface area contributed by atoms with Crippen LogP contribution in [0.3, 0.4) is 0 Å². The predicted molar refractivity (Wildman–Crippen MR) is 89.6 cm³/mol. The van der Waals surface area contributed by atoms with Crippen molar-refractivity contribution in [1.29, 1.82) is 0 Å². The summed E-state index contributed by atoms with van der Waals surface area (Å²) in [5, 5.41) is 4.39. The summed E-state index contributed by atoms with van der Waals surface area (Å²) in [6.45, 7) is 0. The number of nitrogens with zero attached hydrogens (tertiary/aromatic N) is 4. The minimum atomic E-state index is -4.45. The van der Waals surface area contributed by atoms with Gasteiger partial charge in [0.25, 0.3) is 5.56 Å². The highest BCUT2D eigenvalue weighted by Gasteiger charge is 2.32. The summed E-state index contributed by atoms with van der Waals surface area (Å²) in [5.41, 5.74) is -1.55. The Bertz CT molecular complexity index is 1120. The van der Waals surface area contributed by atoms with Gasteiger partial charge in [-0.2, -0.15) is 18.3 Å². The highest BCUT2D eigenvalue weighted by molar-refractivity contribution is 5.56. The number of alkyl halides is 3. The van der Waals surface area contributed by atoms with Gasteiger partial charge in [-0.25, -0.2) is 14.5 Å². The number of hydrogen-bond donors (Lipinski definition) is 1. The molecule has 4 rings (SSSR count). The lowest BCUT2D eigenvalue weighted by molar-refractivity contribution is -0.137. The third kappa shape index (κ3) is 3.18. The number of aryl methyl sites for hydroxylation is 1. The van der Waals surface area contributed by atoms with Crippen molar-refractivity contribution in [3.05, 3.63) is 62.7 Å². The maximum atomic E-state index is 12.8. The lowest BCUT2D eigenvalue weighted by Gasteiger charge is -2.09. The molecule has 1 aromatic carbocycles. The number of hydrogen-bond acceptors (Lipinski definition) is 4. The third-order valence-corrected chi connectivity index (χ3v) is 4.35. The van der Waals surface area contributed by atoms with Crippen LogP contribution in [0.15, 0.2) is 40.1 Å². The van der Waals surface area contributed by atoms with Crippen LogP contribution in [0.5, 0.6) is 0 Å². The van der Waals surface area contributed by atoms with Crippen molar-refractivity contribution in [3.8, 4) is 17.1 Å². The van der Waals surface area contributed by atoms with Gasteiger partial charge in [0.15, 0.2) is 11.6 Å². The van der Waals surface area contributed by atoms with Gasteiger partial charge in [0.2, 0.25) is 0 Å². The van der Waals surface area contributed by atoms with E-state index in [4.69, 9.17) is 0 Å². The maximum Gasteiger partial charge on any atom is 0.416 e. The minimum absolute atomic E-state index is 0.108. The Morgan fingerprint density at radius 1 is 1.15 bits per heavy atom. The second kappa shape index (κ2) is 5.93. The maximum absolute atomic E-state index is 12.8. The molecule has 1 saturated carbocycles. The largest absolute Gasteiger partial charge is 0.416 e. The van der Waals surface area contributed by atoms with E-state index in [2.05, 4.69) is 15.1 Å². The molecule has 27 heavy (non-hydrogen) atoms. The zero-order chi connectivity index (χ0) is 19.3. The van der Waals surface area contributed by atoms with Crippen LogP contribution >= 0.6 is 0 Å². The van der Waals surface area contributed by atoms with E-state index in [0.717, 1.165) is 25.0 Å². The molecule has 0 unspecified atom stereocenters. The van der Waals surface area contributed by atoms with Gasteiger partial charge >= 0.3 is 11.9 Å². The first kappa shape index (κ1) is 17.3. The van der Waals surface area contributed by atoms with Crippen molar-refractivity contribution in [2.75, 3.05) is 0 Å². The Labute approximate surface area is 150 Å². The van der Waals surface area contributed by atoms with Crippen molar-refractivity contribution in [1.82, 2.24) is 24.3 Å². The average Bonchev–Trinajstić information content (AvgIpc) is 3.37. The average molecular weight is 377 g/mol. The van der Waals surface area contributed by atoms with E-state index < -0.39 is 23.0 Å². The first-order chi connectivity index (χ1) is 12.7. The van der Waals surface area contributed by atoms with Gasteiger partial charge in [0, 0.05) is 19.2 Å². The fourth-order valence-corrected chi connectivity index (χ4v) is 2.71. The Kier molecular flexibility index (Phi) is 3.79. The Morgan fingerprint density at radius 3 is 2.41 bits per heavy atom. The first-order valence-electron chi connectivity index (χ1n) is 8.19. The summed E-state index contributed by atoms with van der Waals surface area (Å²) in [4.78, 5) is 30.5. The van der Waals surface area contributed by atoms with Crippen LogP contribution in [0.2, 0.25) is 0 Å². The normalized spacial score (nSPS) is 14.5. The fourth-order valence-electron chi connectivity index (χ4n) is 2.71. The number of H-pyrrole nitrogens is 1. The summed E-state index contributed by atoms with van der Waals surface area (Å²) in [5.74, 6) is 0.873. The molecule has 0 atom stereocenters. The summed E-state index contributed by atoms with van der Waals surface area (Å²) in [7, 11) is 1.47. The van der Waals surface area contributed by atoms with Crippen LogP contribution in [0.25, 0.3) is 17.1 Å². The van der Waals surface area contributed by atoms with Gasteiger partial charge in [0.1, 0.15) is 5.56 Å². The Balaban J connectivity index is 1.87. The van der Waals surface area contributed by atoms with Crippen molar-refractivity contribution < 1.29 is 13.2 Å². The van der Waals surface area contributed by atoms with Gasteiger partial charge < -0.3 is 4.57 Å². The summed E-state index contributed by atoms with van der Waals surface area (Å²) in [6.07, 6.45) is -1.28. The van der Waals surface area contributed by atoms with Crippen molar-refractivity contribution >= 4 is 0 Å². The second-order valence-electron chi connectivity index (χ2n) is 6.44. The van der Waals surface area contributed by atoms with E-state index in [-0.39, 0.29) is 17.3 Å². The van der Waals surface area contributed by atoms with E-state index in [0.29, 0.717) is 11.5 Å². The molecular formula is C17H14F3N5O2. The quantitative estimate of drug-likeness (QED) is 0.758. The highest BCUT2D eigenvalue weighted by Crippen LogP contribution is 2.39. The lowest BCUT2D eigenvalue weighted by Crippen LogP contribution is -2.29. The molecule has 0 amide bonds. The molecule has 0 bridgehead atoms. The van der Waals surface area contributed by atoms with Gasteiger partial charge in [-0.3, -0.25) is 9.78 Å². The number of benzene rings is 1. The van der Waals surface area contributed by atoms with Crippen LogP contribution in [-0.2, 0) is 13.2 Å². The molecule has 0 saturated heterocycles.